The van der Waals surface area contributed by atoms with Crippen LogP contribution in [0.25, 0.3) is 0 Å². The molecule has 4 heteroatoms. The van der Waals surface area contributed by atoms with Crippen LogP contribution >= 0.6 is 0 Å². The Morgan fingerprint density at radius 1 is 1.27 bits per heavy atom. The Bertz CT molecular complexity index is 131. The Morgan fingerprint density at radius 3 is 2.27 bits per heavy atom. The predicted octanol–water partition coefficient (Wildman–Crippen LogP) is -2.28. The summed E-state index contributed by atoms with van der Waals surface area (Å²) in [6.07, 6.45) is -0.121. The molecule has 1 fully saturated rings. The van der Waals surface area contributed by atoms with Crippen molar-refractivity contribution in [3.63, 3.8) is 0 Å². The quantitative estimate of drug-likeness (QED) is 0.369. The monoisotopic (exact) mass is 162 g/mol. The van der Waals surface area contributed by atoms with Gasteiger partial charge in [-0.3, -0.25) is 0 Å². The molecule has 4 nitrogen and oxygen atoms in total. The molecule has 0 aromatic carbocycles. The molecule has 0 spiro atoms. The summed E-state index contributed by atoms with van der Waals surface area (Å²) in [6, 6.07) is -0.0819. The average molecular weight is 162 g/mol. The van der Waals surface area contributed by atoms with Crippen LogP contribution in [0.1, 0.15) is 12.8 Å². The first-order valence-corrected chi connectivity index (χ1v) is 3.97. The summed E-state index contributed by atoms with van der Waals surface area (Å²) in [5, 5.41) is 27.2. The van der Waals surface area contributed by atoms with Crippen molar-refractivity contribution < 1.29 is 21.1 Å². The molecule has 1 aliphatic carbocycles. The fraction of sp³-hybridized carbons (Fsp3) is 1.00. The van der Waals surface area contributed by atoms with Crippen LogP contribution in [0.5, 0.6) is 0 Å². The van der Waals surface area contributed by atoms with E-state index in [2.05, 4.69) is 5.73 Å². The average Bonchev–Trinajstić information content (AvgIpc) is 2.19. The van der Waals surface area contributed by atoms with Gasteiger partial charge in [0, 0.05) is 13.0 Å². The summed E-state index contributed by atoms with van der Waals surface area (Å²) in [4.78, 5) is 0. The van der Waals surface area contributed by atoms with Gasteiger partial charge in [-0.1, -0.05) is 0 Å². The van der Waals surface area contributed by atoms with Crippen molar-refractivity contribution in [1.82, 2.24) is 0 Å². The maximum atomic E-state index is 9.36. The molecule has 0 heterocycles. The lowest BCUT2D eigenvalue weighted by Gasteiger charge is -2.13. The van der Waals surface area contributed by atoms with Crippen molar-refractivity contribution in [2.75, 3.05) is 6.61 Å². The lowest BCUT2D eigenvalue weighted by molar-refractivity contribution is -0.434. The zero-order valence-corrected chi connectivity index (χ0v) is 6.48. The fourth-order valence-corrected chi connectivity index (χ4v) is 1.68. The SMILES string of the molecule is [NH3+][C@@H]1C[C@@H](CCO)[C@@H](O)[C@@H]1O. The lowest BCUT2D eigenvalue weighted by Crippen LogP contribution is -2.65. The number of hydrogen-bond donors (Lipinski definition) is 4. The van der Waals surface area contributed by atoms with E-state index in [0.29, 0.717) is 12.8 Å². The fourth-order valence-electron chi connectivity index (χ4n) is 1.68. The van der Waals surface area contributed by atoms with Gasteiger partial charge in [-0.15, -0.1) is 0 Å². The van der Waals surface area contributed by atoms with Gasteiger partial charge in [-0.2, -0.15) is 0 Å². The molecule has 6 N–H and O–H groups in total. The van der Waals surface area contributed by atoms with Crippen LogP contribution in [-0.2, 0) is 0 Å². The van der Waals surface area contributed by atoms with Gasteiger partial charge in [0.15, 0.2) is 0 Å². The highest BCUT2D eigenvalue weighted by Crippen LogP contribution is 2.26. The summed E-state index contributed by atoms with van der Waals surface area (Å²) in [7, 11) is 0. The largest absolute Gasteiger partial charge is 0.396 e. The van der Waals surface area contributed by atoms with E-state index in [0.717, 1.165) is 0 Å². The second-order valence-electron chi connectivity index (χ2n) is 3.25. The minimum Gasteiger partial charge on any atom is -0.396 e. The van der Waals surface area contributed by atoms with Gasteiger partial charge in [-0.25, -0.2) is 0 Å². The van der Waals surface area contributed by atoms with E-state index in [9.17, 15) is 10.2 Å². The van der Waals surface area contributed by atoms with Gasteiger partial charge in [-0.05, 0) is 12.3 Å². The first-order valence-electron chi connectivity index (χ1n) is 3.97. The number of rotatable bonds is 2. The molecule has 0 radical (unpaired) electrons. The Labute approximate surface area is 65.6 Å². The topological polar surface area (TPSA) is 88.3 Å². The summed E-state index contributed by atoms with van der Waals surface area (Å²) in [6.45, 7) is 0.0706. The Kier molecular flexibility index (Phi) is 2.84. The van der Waals surface area contributed by atoms with E-state index in [1.165, 1.54) is 0 Å². The zero-order chi connectivity index (χ0) is 8.43. The van der Waals surface area contributed by atoms with E-state index in [4.69, 9.17) is 5.11 Å². The molecule has 0 saturated heterocycles. The number of quaternary nitrogens is 1. The molecular formula is C7H16NO3+. The highest BCUT2D eigenvalue weighted by molar-refractivity contribution is 4.89. The molecule has 0 bridgehead atoms. The van der Waals surface area contributed by atoms with Crippen molar-refractivity contribution in [2.24, 2.45) is 5.92 Å². The van der Waals surface area contributed by atoms with Gasteiger partial charge in [0.05, 0.1) is 6.10 Å². The Morgan fingerprint density at radius 2 is 1.91 bits per heavy atom. The molecular weight excluding hydrogens is 146 g/mol. The minimum atomic E-state index is -0.702. The molecule has 0 aromatic heterocycles. The Balaban J connectivity index is 2.45. The maximum Gasteiger partial charge on any atom is 0.131 e. The van der Waals surface area contributed by atoms with Gasteiger partial charge in [0.2, 0.25) is 0 Å². The van der Waals surface area contributed by atoms with Gasteiger partial charge in [0.1, 0.15) is 12.1 Å². The predicted molar refractivity (Wildman–Crippen MR) is 38.5 cm³/mol. The molecule has 66 valence electrons. The van der Waals surface area contributed by atoms with Crippen molar-refractivity contribution in [2.45, 2.75) is 31.1 Å². The highest BCUT2D eigenvalue weighted by atomic mass is 16.3. The summed E-state index contributed by atoms with van der Waals surface area (Å²) >= 11 is 0. The first kappa shape index (κ1) is 8.93. The van der Waals surface area contributed by atoms with E-state index in [1.54, 1.807) is 0 Å². The molecule has 1 saturated carbocycles. The van der Waals surface area contributed by atoms with Crippen LogP contribution in [0.4, 0.5) is 0 Å². The van der Waals surface area contributed by atoms with Crippen molar-refractivity contribution >= 4 is 0 Å². The number of aliphatic hydroxyl groups excluding tert-OH is 3. The summed E-state index contributed by atoms with van der Waals surface area (Å²) < 4.78 is 0. The summed E-state index contributed by atoms with van der Waals surface area (Å²) in [5.74, 6) is 0.0255. The third kappa shape index (κ3) is 1.70. The normalized spacial score (nSPS) is 44.7. The second kappa shape index (κ2) is 3.49. The zero-order valence-electron chi connectivity index (χ0n) is 6.48. The molecule has 0 amide bonds. The molecule has 0 aliphatic heterocycles. The highest BCUT2D eigenvalue weighted by Gasteiger charge is 2.41. The van der Waals surface area contributed by atoms with Gasteiger partial charge >= 0.3 is 0 Å². The lowest BCUT2D eigenvalue weighted by atomic mass is 10.0. The van der Waals surface area contributed by atoms with Crippen LogP contribution in [0.2, 0.25) is 0 Å². The van der Waals surface area contributed by atoms with Crippen molar-refractivity contribution in [3.8, 4) is 0 Å². The van der Waals surface area contributed by atoms with E-state index in [1.807, 2.05) is 0 Å². The minimum absolute atomic E-state index is 0.0255. The summed E-state index contributed by atoms with van der Waals surface area (Å²) in [5.41, 5.74) is 3.71. The van der Waals surface area contributed by atoms with E-state index < -0.39 is 12.2 Å². The molecule has 1 rings (SSSR count). The smallest absolute Gasteiger partial charge is 0.131 e. The third-order valence-corrected chi connectivity index (χ3v) is 2.42. The van der Waals surface area contributed by atoms with E-state index in [-0.39, 0.29) is 18.6 Å². The molecule has 0 unspecified atom stereocenters. The standard InChI is InChI=1S/C7H15NO3/c8-5-3-4(1-2-9)6(10)7(5)11/h4-7,9-11H,1-3,8H2/p+1/t4-,5-,6-,7-/m1/s1. The molecule has 1 aliphatic rings. The number of aliphatic hydroxyl groups is 3. The second-order valence-corrected chi connectivity index (χ2v) is 3.25. The van der Waals surface area contributed by atoms with E-state index >= 15 is 0 Å². The van der Waals surface area contributed by atoms with Crippen LogP contribution in [0, 0.1) is 5.92 Å². The van der Waals surface area contributed by atoms with Crippen molar-refractivity contribution in [3.05, 3.63) is 0 Å². The molecule has 11 heavy (non-hydrogen) atoms. The van der Waals surface area contributed by atoms with Gasteiger partial charge < -0.3 is 21.1 Å². The molecule has 0 aromatic rings. The first-order chi connectivity index (χ1) is 5.16. The van der Waals surface area contributed by atoms with Crippen LogP contribution in [0.3, 0.4) is 0 Å². The van der Waals surface area contributed by atoms with Crippen LogP contribution in [0.15, 0.2) is 0 Å². The van der Waals surface area contributed by atoms with Crippen molar-refractivity contribution in [1.29, 1.82) is 0 Å². The maximum absolute atomic E-state index is 9.36. The van der Waals surface area contributed by atoms with Crippen LogP contribution < -0.4 is 5.73 Å². The van der Waals surface area contributed by atoms with Crippen LogP contribution in [-0.4, -0.2) is 40.2 Å². The van der Waals surface area contributed by atoms with Gasteiger partial charge in [0.25, 0.3) is 0 Å². The third-order valence-electron chi connectivity index (χ3n) is 2.42. The Hall–Kier alpha value is -0.160. The molecule has 4 atom stereocenters. The number of hydrogen-bond acceptors (Lipinski definition) is 3.